The van der Waals surface area contributed by atoms with Crippen molar-refractivity contribution < 1.29 is 9.72 Å². The van der Waals surface area contributed by atoms with Crippen molar-refractivity contribution in [3.05, 3.63) is 39.7 Å². The number of nitro groups is 1. The van der Waals surface area contributed by atoms with Crippen LogP contribution < -0.4 is 0 Å². The van der Waals surface area contributed by atoms with Crippen LogP contribution in [0.5, 0.6) is 0 Å². The van der Waals surface area contributed by atoms with Gasteiger partial charge in [-0.25, -0.2) is 4.98 Å². The second-order valence-electron chi connectivity index (χ2n) is 3.31. The number of carbonyl (C=O) groups excluding carboxylic acids is 1. The molecule has 0 spiro atoms. The van der Waals surface area contributed by atoms with Gasteiger partial charge in [-0.3, -0.25) is 14.9 Å². The topological polar surface area (TPSA) is 86.0 Å². The smallest absolute Gasteiger partial charge is 0.279 e. The minimum Gasteiger partial charge on any atom is -0.298 e. The van der Waals surface area contributed by atoms with E-state index in [1.807, 2.05) is 0 Å². The Morgan fingerprint density at radius 2 is 2.28 bits per heavy atom. The molecule has 0 aliphatic carbocycles. The Bertz CT molecular complexity index is 612. The van der Waals surface area contributed by atoms with E-state index in [4.69, 9.17) is 0 Å². The third-order valence-corrected chi connectivity index (χ3v) is 3.87. The van der Waals surface area contributed by atoms with Crippen LogP contribution in [-0.4, -0.2) is 20.6 Å². The highest BCUT2D eigenvalue weighted by Gasteiger charge is 2.14. The average molecular weight is 281 g/mol. The number of benzene rings is 1. The fourth-order valence-corrected chi connectivity index (χ4v) is 2.95. The number of nitrogens with zero attached hydrogens (tertiary/aromatic N) is 3. The molecule has 6 nitrogen and oxygen atoms in total. The van der Waals surface area contributed by atoms with Gasteiger partial charge >= 0.3 is 0 Å². The molecule has 0 saturated carbocycles. The van der Waals surface area contributed by atoms with E-state index in [9.17, 15) is 14.9 Å². The normalized spacial score (nSPS) is 10.3. The number of nitro benzene ring substituents is 1. The molecule has 1 heterocycles. The van der Waals surface area contributed by atoms with E-state index in [-0.39, 0.29) is 11.3 Å². The average Bonchev–Trinajstić information content (AvgIpc) is 2.74. The first kappa shape index (κ1) is 12.7. The summed E-state index contributed by atoms with van der Waals surface area (Å²) >= 11 is 2.57. The maximum Gasteiger partial charge on any atom is 0.279 e. The third-order valence-electron chi connectivity index (χ3n) is 2.04. The standard InChI is InChI=1S/C10H7N3O3S2/c1-6-11-10(18-12-6)17-8-2-3-9(13(15)16)7(4-8)5-14/h2-5H,1H3. The van der Waals surface area contributed by atoms with E-state index in [0.717, 1.165) is 9.24 Å². The van der Waals surface area contributed by atoms with Crippen molar-refractivity contribution in [3.8, 4) is 0 Å². The van der Waals surface area contributed by atoms with E-state index < -0.39 is 4.92 Å². The Hall–Kier alpha value is -1.80. The van der Waals surface area contributed by atoms with Crippen molar-refractivity contribution in [2.45, 2.75) is 16.2 Å². The van der Waals surface area contributed by atoms with Crippen LogP contribution in [0.4, 0.5) is 5.69 Å². The molecule has 0 fully saturated rings. The van der Waals surface area contributed by atoms with Crippen molar-refractivity contribution in [3.63, 3.8) is 0 Å². The van der Waals surface area contributed by atoms with Crippen molar-refractivity contribution >= 4 is 35.3 Å². The molecule has 0 bridgehead atoms. The highest BCUT2D eigenvalue weighted by molar-refractivity contribution is 8.01. The molecule has 0 N–H and O–H groups in total. The van der Waals surface area contributed by atoms with E-state index in [0.29, 0.717) is 12.1 Å². The number of hydrogen-bond donors (Lipinski definition) is 0. The largest absolute Gasteiger partial charge is 0.298 e. The van der Waals surface area contributed by atoms with E-state index >= 15 is 0 Å². The predicted octanol–water partition coefficient (Wildman–Crippen LogP) is 2.72. The summed E-state index contributed by atoms with van der Waals surface area (Å²) < 4.78 is 4.77. The molecule has 0 saturated heterocycles. The van der Waals surface area contributed by atoms with Crippen LogP contribution in [0.25, 0.3) is 0 Å². The Balaban J connectivity index is 2.30. The molecule has 2 rings (SSSR count). The van der Waals surface area contributed by atoms with Crippen LogP contribution in [0.1, 0.15) is 16.2 Å². The van der Waals surface area contributed by atoms with Gasteiger partial charge in [0.15, 0.2) is 10.6 Å². The second kappa shape index (κ2) is 5.23. The Morgan fingerprint density at radius 3 is 2.83 bits per heavy atom. The zero-order valence-electron chi connectivity index (χ0n) is 9.19. The summed E-state index contributed by atoms with van der Waals surface area (Å²) in [6.07, 6.45) is 0.480. The van der Waals surface area contributed by atoms with Crippen LogP contribution in [-0.2, 0) is 0 Å². The summed E-state index contributed by atoms with van der Waals surface area (Å²) in [5.74, 6) is 0.681. The fourth-order valence-electron chi connectivity index (χ4n) is 1.28. The summed E-state index contributed by atoms with van der Waals surface area (Å²) in [5, 5.41) is 10.7. The van der Waals surface area contributed by atoms with Gasteiger partial charge in [0, 0.05) is 11.0 Å². The maximum absolute atomic E-state index is 10.8. The lowest BCUT2D eigenvalue weighted by Gasteiger charge is -1.99. The van der Waals surface area contributed by atoms with Gasteiger partial charge in [-0.1, -0.05) is 11.8 Å². The number of rotatable bonds is 4. The van der Waals surface area contributed by atoms with E-state index in [1.54, 1.807) is 13.0 Å². The van der Waals surface area contributed by atoms with Crippen molar-refractivity contribution in [1.29, 1.82) is 0 Å². The number of aromatic nitrogens is 2. The molecule has 0 atom stereocenters. The zero-order valence-corrected chi connectivity index (χ0v) is 10.8. The molecule has 0 radical (unpaired) electrons. The molecular formula is C10H7N3O3S2. The lowest BCUT2D eigenvalue weighted by Crippen LogP contribution is -1.94. The SMILES string of the molecule is Cc1nsc(Sc2ccc([N+](=O)[O-])c(C=O)c2)n1. The molecule has 8 heteroatoms. The summed E-state index contributed by atoms with van der Waals surface area (Å²) in [7, 11) is 0. The molecule has 1 aromatic heterocycles. The van der Waals surface area contributed by atoms with Crippen LogP contribution in [0.3, 0.4) is 0 Å². The molecule has 0 aliphatic heterocycles. The maximum atomic E-state index is 10.8. The molecule has 0 aliphatic rings. The number of aryl methyl sites for hydroxylation is 1. The lowest BCUT2D eigenvalue weighted by molar-refractivity contribution is -0.385. The van der Waals surface area contributed by atoms with Gasteiger partial charge in [-0.2, -0.15) is 4.37 Å². The lowest BCUT2D eigenvalue weighted by atomic mass is 10.2. The van der Waals surface area contributed by atoms with Gasteiger partial charge in [0.05, 0.1) is 10.5 Å². The predicted molar refractivity (Wildman–Crippen MR) is 67.3 cm³/mol. The molecular weight excluding hydrogens is 274 g/mol. The molecule has 92 valence electrons. The number of aldehydes is 1. The summed E-state index contributed by atoms with van der Waals surface area (Å²) in [6.45, 7) is 1.78. The summed E-state index contributed by atoms with van der Waals surface area (Å²) in [6, 6.07) is 4.39. The van der Waals surface area contributed by atoms with Crippen molar-refractivity contribution in [2.24, 2.45) is 0 Å². The van der Waals surface area contributed by atoms with Crippen LogP contribution in [0, 0.1) is 17.0 Å². The van der Waals surface area contributed by atoms with Crippen LogP contribution in [0.15, 0.2) is 27.4 Å². The van der Waals surface area contributed by atoms with Crippen LogP contribution in [0.2, 0.25) is 0 Å². The monoisotopic (exact) mass is 281 g/mol. The third kappa shape index (κ3) is 2.71. The highest BCUT2D eigenvalue weighted by Crippen LogP contribution is 2.31. The van der Waals surface area contributed by atoms with E-state index in [2.05, 4.69) is 9.36 Å². The molecule has 2 aromatic rings. The molecule has 18 heavy (non-hydrogen) atoms. The summed E-state index contributed by atoms with van der Waals surface area (Å²) in [4.78, 5) is 25.8. The van der Waals surface area contributed by atoms with E-state index in [1.165, 1.54) is 35.4 Å². The van der Waals surface area contributed by atoms with Gasteiger partial charge in [0.2, 0.25) is 0 Å². The van der Waals surface area contributed by atoms with Gasteiger partial charge in [-0.05, 0) is 30.6 Å². The zero-order chi connectivity index (χ0) is 13.1. The van der Waals surface area contributed by atoms with Gasteiger partial charge in [0.25, 0.3) is 5.69 Å². The van der Waals surface area contributed by atoms with Gasteiger partial charge in [0.1, 0.15) is 5.82 Å². The van der Waals surface area contributed by atoms with Gasteiger partial charge in [-0.15, -0.1) is 0 Å². The van der Waals surface area contributed by atoms with Crippen molar-refractivity contribution in [1.82, 2.24) is 9.36 Å². The Kier molecular flexibility index (Phi) is 3.68. The van der Waals surface area contributed by atoms with Gasteiger partial charge < -0.3 is 0 Å². The first-order chi connectivity index (χ1) is 8.60. The Morgan fingerprint density at radius 1 is 1.50 bits per heavy atom. The highest BCUT2D eigenvalue weighted by atomic mass is 32.2. The van der Waals surface area contributed by atoms with Crippen molar-refractivity contribution in [2.75, 3.05) is 0 Å². The molecule has 0 amide bonds. The number of hydrogen-bond acceptors (Lipinski definition) is 7. The minimum atomic E-state index is -0.576. The quantitative estimate of drug-likeness (QED) is 0.486. The molecule has 1 aromatic carbocycles. The first-order valence-electron chi connectivity index (χ1n) is 4.82. The number of carbonyl (C=O) groups is 1. The second-order valence-corrected chi connectivity index (χ2v) is 5.38. The Labute approximate surface area is 110 Å². The molecule has 0 unspecified atom stereocenters. The first-order valence-corrected chi connectivity index (χ1v) is 6.41. The minimum absolute atomic E-state index is 0.0613. The fraction of sp³-hybridized carbons (Fsp3) is 0.100. The van der Waals surface area contributed by atoms with Crippen LogP contribution >= 0.6 is 23.3 Å². The summed E-state index contributed by atoms with van der Waals surface area (Å²) in [5.41, 5.74) is -0.131.